The first-order valence-corrected chi connectivity index (χ1v) is 7.52. The molecule has 2 rings (SSSR count). The molecule has 0 amide bonds. The zero-order chi connectivity index (χ0) is 15.9. The number of hydrogen-bond acceptors (Lipinski definition) is 6. The fourth-order valence-corrected chi connectivity index (χ4v) is 2.16. The average Bonchev–Trinajstić information content (AvgIpc) is 2.48. The van der Waals surface area contributed by atoms with E-state index >= 15 is 0 Å². The first-order chi connectivity index (χ1) is 10.6. The lowest BCUT2D eigenvalue weighted by molar-refractivity contribution is 0.425. The van der Waals surface area contributed by atoms with Gasteiger partial charge in [-0.3, -0.25) is 0 Å². The molecule has 22 heavy (non-hydrogen) atoms. The van der Waals surface area contributed by atoms with Crippen LogP contribution in [0.15, 0.2) is 30.5 Å². The zero-order valence-electron chi connectivity index (χ0n) is 13.7. The number of aromatic nitrogens is 3. The molecule has 2 aromatic rings. The molecule has 0 bridgehead atoms. The highest BCUT2D eigenvalue weighted by atomic mass is 15.3. The highest BCUT2D eigenvalue weighted by Crippen LogP contribution is 2.23. The second-order valence-electron chi connectivity index (χ2n) is 5.45. The summed E-state index contributed by atoms with van der Waals surface area (Å²) in [7, 11) is 4.07. The summed E-state index contributed by atoms with van der Waals surface area (Å²) in [5.41, 5.74) is 2.34. The van der Waals surface area contributed by atoms with Crippen LogP contribution in [-0.2, 0) is 0 Å². The third-order valence-electron chi connectivity index (χ3n) is 3.29. The lowest BCUT2D eigenvalue weighted by Gasteiger charge is -2.22. The minimum absolute atomic E-state index is 0.561. The minimum atomic E-state index is 0.561. The molecule has 6 nitrogen and oxygen atoms in total. The van der Waals surface area contributed by atoms with E-state index in [1.807, 2.05) is 14.1 Å². The fourth-order valence-electron chi connectivity index (χ4n) is 2.16. The SMILES string of the molecule is CCN(c1cccc(C)c1)c1cnnc(NCCN(C)C)n1. The summed E-state index contributed by atoms with van der Waals surface area (Å²) in [6.07, 6.45) is 1.70. The van der Waals surface area contributed by atoms with Crippen LogP contribution in [0, 0.1) is 6.92 Å². The number of likely N-dealkylation sites (N-methyl/N-ethyl adjacent to an activating group) is 1. The maximum Gasteiger partial charge on any atom is 0.244 e. The lowest BCUT2D eigenvalue weighted by Crippen LogP contribution is -2.23. The van der Waals surface area contributed by atoms with Crippen molar-refractivity contribution in [2.24, 2.45) is 0 Å². The van der Waals surface area contributed by atoms with Gasteiger partial charge in [-0.25, -0.2) is 0 Å². The van der Waals surface area contributed by atoms with Crippen LogP contribution in [0.25, 0.3) is 0 Å². The smallest absolute Gasteiger partial charge is 0.244 e. The number of nitrogens with one attached hydrogen (secondary N) is 1. The number of anilines is 3. The Morgan fingerprint density at radius 3 is 2.73 bits per heavy atom. The van der Waals surface area contributed by atoms with Crippen molar-refractivity contribution in [2.45, 2.75) is 13.8 Å². The van der Waals surface area contributed by atoms with Gasteiger partial charge >= 0.3 is 0 Å². The fraction of sp³-hybridized carbons (Fsp3) is 0.438. The lowest BCUT2D eigenvalue weighted by atomic mass is 10.2. The van der Waals surface area contributed by atoms with Crippen molar-refractivity contribution >= 4 is 17.5 Å². The van der Waals surface area contributed by atoms with Gasteiger partial charge in [0.2, 0.25) is 5.95 Å². The first kappa shape index (κ1) is 16.2. The van der Waals surface area contributed by atoms with Crippen molar-refractivity contribution < 1.29 is 0 Å². The van der Waals surface area contributed by atoms with Gasteiger partial charge in [-0.1, -0.05) is 12.1 Å². The number of hydrogen-bond donors (Lipinski definition) is 1. The summed E-state index contributed by atoms with van der Waals surface area (Å²) in [5.74, 6) is 1.36. The molecular formula is C16H24N6. The molecule has 1 N–H and O–H groups in total. The average molecular weight is 300 g/mol. The molecule has 0 spiro atoms. The largest absolute Gasteiger partial charge is 0.352 e. The maximum absolute atomic E-state index is 4.57. The van der Waals surface area contributed by atoms with Gasteiger partial charge < -0.3 is 15.1 Å². The molecule has 0 saturated heterocycles. The Balaban J connectivity index is 2.15. The molecule has 0 radical (unpaired) electrons. The summed E-state index contributed by atoms with van der Waals surface area (Å²) in [4.78, 5) is 8.80. The second kappa shape index (κ2) is 7.70. The predicted molar refractivity (Wildman–Crippen MR) is 90.7 cm³/mol. The van der Waals surface area contributed by atoms with Gasteiger partial charge in [0.05, 0.1) is 6.20 Å². The van der Waals surface area contributed by atoms with E-state index in [9.17, 15) is 0 Å². The van der Waals surface area contributed by atoms with E-state index in [4.69, 9.17) is 0 Å². The molecule has 0 unspecified atom stereocenters. The van der Waals surface area contributed by atoms with E-state index in [2.05, 4.69) is 68.4 Å². The molecule has 0 aliphatic rings. The Morgan fingerprint density at radius 1 is 1.23 bits per heavy atom. The second-order valence-corrected chi connectivity index (χ2v) is 5.45. The molecule has 0 fully saturated rings. The zero-order valence-corrected chi connectivity index (χ0v) is 13.7. The van der Waals surface area contributed by atoms with Gasteiger partial charge in [0.1, 0.15) is 0 Å². The Labute approximate surface area is 132 Å². The standard InChI is InChI=1S/C16H24N6/c1-5-22(14-8-6-7-13(2)11-14)15-12-18-20-16(19-15)17-9-10-21(3)4/h6-8,11-12H,5,9-10H2,1-4H3,(H,17,19,20). The van der Waals surface area contributed by atoms with Gasteiger partial charge in [-0.2, -0.15) is 10.1 Å². The summed E-state index contributed by atoms with van der Waals surface area (Å²) >= 11 is 0. The van der Waals surface area contributed by atoms with Crippen molar-refractivity contribution in [1.82, 2.24) is 20.1 Å². The molecule has 0 aliphatic heterocycles. The molecule has 118 valence electrons. The minimum Gasteiger partial charge on any atom is -0.352 e. The molecule has 0 aliphatic carbocycles. The van der Waals surface area contributed by atoms with Crippen LogP contribution >= 0.6 is 0 Å². The van der Waals surface area contributed by atoms with Crippen molar-refractivity contribution in [3.8, 4) is 0 Å². The maximum atomic E-state index is 4.57. The van der Waals surface area contributed by atoms with Crippen LogP contribution < -0.4 is 10.2 Å². The number of aryl methyl sites for hydroxylation is 1. The summed E-state index contributed by atoms with van der Waals surface area (Å²) in [5, 5.41) is 11.3. The molecule has 0 atom stereocenters. The van der Waals surface area contributed by atoms with Crippen LogP contribution in [0.1, 0.15) is 12.5 Å². The Kier molecular flexibility index (Phi) is 5.66. The van der Waals surface area contributed by atoms with Crippen LogP contribution in [0.2, 0.25) is 0 Å². The van der Waals surface area contributed by atoms with Gasteiger partial charge in [-0.05, 0) is 45.6 Å². The number of rotatable bonds is 7. The topological polar surface area (TPSA) is 57.2 Å². The molecule has 6 heteroatoms. The molecule has 1 heterocycles. The van der Waals surface area contributed by atoms with Crippen molar-refractivity contribution in [3.05, 3.63) is 36.0 Å². The van der Waals surface area contributed by atoms with Crippen LogP contribution in [-0.4, -0.2) is 53.8 Å². The monoisotopic (exact) mass is 300 g/mol. The summed E-state index contributed by atoms with van der Waals surface area (Å²) < 4.78 is 0. The quantitative estimate of drug-likeness (QED) is 0.847. The number of benzene rings is 1. The van der Waals surface area contributed by atoms with Crippen LogP contribution in [0.4, 0.5) is 17.5 Å². The highest BCUT2D eigenvalue weighted by Gasteiger charge is 2.10. The summed E-state index contributed by atoms with van der Waals surface area (Å²) in [6, 6.07) is 8.37. The van der Waals surface area contributed by atoms with Gasteiger partial charge in [0.25, 0.3) is 0 Å². The van der Waals surface area contributed by atoms with Crippen LogP contribution in [0.5, 0.6) is 0 Å². The van der Waals surface area contributed by atoms with Crippen molar-refractivity contribution in [2.75, 3.05) is 43.9 Å². The van der Waals surface area contributed by atoms with E-state index in [-0.39, 0.29) is 0 Å². The third kappa shape index (κ3) is 4.39. The molecule has 0 saturated carbocycles. The molecule has 1 aromatic heterocycles. The molecule has 1 aromatic carbocycles. The van der Waals surface area contributed by atoms with Gasteiger partial charge in [0, 0.05) is 25.3 Å². The van der Waals surface area contributed by atoms with E-state index < -0.39 is 0 Å². The highest BCUT2D eigenvalue weighted by molar-refractivity contribution is 5.60. The van der Waals surface area contributed by atoms with Crippen molar-refractivity contribution in [3.63, 3.8) is 0 Å². The van der Waals surface area contributed by atoms with E-state index in [1.54, 1.807) is 6.20 Å². The number of nitrogens with zero attached hydrogens (tertiary/aromatic N) is 5. The van der Waals surface area contributed by atoms with Gasteiger partial charge in [-0.15, -0.1) is 5.10 Å². The van der Waals surface area contributed by atoms with Crippen LogP contribution in [0.3, 0.4) is 0 Å². The van der Waals surface area contributed by atoms with E-state index in [1.165, 1.54) is 5.56 Å². The Morgan fingerprint density at radius 2 is 2.05 bits per heavy atom. The normalized spacial score (nSPS) is 10.8. The Hall–Kier alpha value is -2.21. The third-order valence-corrected chi connectivity index (χ3v) is 3.29. The molecular weight excluding hydrogens is 276 g/mol. The first-order valence-electron chi connectivity index (χ1n) is 7.52. The van der Waals surface area contributed by atoms with Gasteiger partial charge in [0.15, 0.2) is 5.82 Å². The van der Waals surface area contributed by atoms with Crippen molar-refractivity contribution in [1.29, 1.82) is 0 Å². The van der Waals surface area contributed by atoms with E-state index in [0.29, 0.717) is 5.95 Å². The Bertz CT molecular complexity index is 599. The summed E-state index contributed by atoms with van der Waals surface area (Å²) in [6.45, 7) is 6.71. The predicted octanol–water partition coefficient (Wildman–Crippen LogP) is 2.31. The van der Waals surface area contributed by atoms with E-state index in [0.717, 1.165) is 31.1 Å².